The van der Waals surface area contributed by atoms with E-state index >= 15 is 0 Å². The van der Waals surface area contributed by atoms with Gasteiger partial charge in [0.2, 0.25) is 0 Å². The molecule has 0 amide bonds. The van der Waals surface area contributed by atoms with Crippen LogP contribution >= 0.6 is 0 Å². The molecule has 8 heteroatoms. The van der Waals surface area contributed by atoms with Crippen LogP contribution in [0.2, 0.25) is 0 Å². The molecule has 1 fully saturated rings. The second-order valence-electron chi connectivity index (χ2n) is 4.72. The van der Waals surface area contributed by atoms with Gasteiger partial charge >= 0.3 is 6.18 Å². The van der Waals surface area contributed by atoms with Crippen molar-refractivity contribution in [1.29, 1.82) is 0 Å². The minimum absolute atomic E-state index is 0.0285. The van der Waals surface area contributed by atoms with Gasteiger partial charge in [-0.1, -0.05) is 0 Å². The number of hydrogen-bond acceptors (Lipinski definition) is 4. The second kappa shape index (κ2) is 6.55. The number of nitrogens with zero attached hydrogens (tertiary/aromatic N) is 2. The Morgan fingerprint density at radius 1 is 1.45 bits per heavy atom. The molecule has 20 heavy (non-hydrogen) atoms. The molecule has 0 radical (unpaired) electrons. The Morgan fingerprint density at radius 2 is 2.15 bits per heavy atom. The third-order valence-corrected chi connectivity index (χ3v) is 3.02. The highest BCUT2D eigenvalue weighted by Crippen LogP contribution is 2.27. The van der Waals surface area contributed by atoms with Crippen molar-refractivity contribution in [3.63, 3.8) is 0 Å². The van der Waals surface area contributed by atoms with Crippen molar-refractivity contribution in [2.45, 2.75) is 37.8 Å². The van der Waals surface area contributed by atoms with Crippen molar-refractivity contribution in [2.75, 3.05) is 19.8 Å². The smallest absolute Gasteiger partial charge is 0.389 e. The van der Waals surface area contributed by atoms with Gasteiger partial charge in [-0.25, -0.2) is 0 Å². The molecule has 1 saturated heterocycles. The molecule has 114 valence electrons. The quantitative estimate of drug-likeness (QED) is 0.893. The van der Waals surface area contributed by atoms with E-state index in [-0.39, 0.29) is 19.3 Å². The first-order valence-electron chi connectivity index (χ1n) is 6.43. The van der Waals surface area contributed by atoms with Gasteiger partial charge < -0.3 is 14.6 Å². The third kappa shape index (κ3) is 4.46. The standard InChI is InChI=1S/C12H17F3N2O3/c13-12(14,15)11-1-4-17(16-11)7-9(18)8-20-10-2-5-19-6-3-10/h1,4,9-10,18H,2-3,5-8H2/t9-/m1/s1. The molecule has 0 aromatic carbocycles. The largest absolute Gasteiger partial charge is 0.435 e. The highest BCUT2D eigenvalue weighted by Gasteiger charge is 2.33. The van der Waals surface area contributed by atoms with Crippen LogP contribution in [0.25, 0.3) is 0 Å². The maximum Gasteiger partial charge on any atom is 0.435 e. The van der Waals surface area contributed by atoms with Gasteiger partial charge in [0, 0.05) is 19.4 Å². The molecule has 1 atom stereocenters. The molecule has 5 nitrogen and oxygen atoms in total. The fourth-order valence-electron chi connectivity index (χ4n) is 1.97. The SMILES string of the molecule is O[C@@H](COC1CCOCC1)Cn1ccc(C(F)(F)F)n1. The third-order valence-electron chi connectivity index (χ3n) is 3.02. The van der Waals surface area contributed by atoms with Gasteiger partial charge in [-0.15, -0.1) is 0 Å². The van der Waals surface area contributed by atoms with Gasteiger partial charge in [-0.3, -0.25) is 4.68 Å². The minimum Gasteiger partial charge on any atom is -0.389 e. The Labute approximate surface area is 114 Å². The number of aliphatic hydroxyl groups is 1. The first-order chi connectivity index (χ1) is 9.45. The van der Waals surface area contributed by atoms with Crippen molar-refractivity contribution >= 4 is 0 Å². The molecule has 1 aliphatic rings. The predicted molar refractivity (Wildman–Crippen MR) is 63.0 cm³/mol. The molecule has 0 aliphatic carbocycles. The van der Waals surface area contributed by atoms with Crippen LogP contribution in [0.4, 0.5) is 13.2 Å². The number of aliphatic hydroxyl groups excluding tert-OH is 1. The number of ether oxygens (including phenoxy) is 2. The van der Waals surface area contributed by atoms with Crippen LogP contribution in [-0.2, 0) is 22.2 Å². The molecule has 0 saturated carbocycles. The maximum atomic E-state index is 12.4. The minimum atomic E-state index is -4.46. The molecule has 1 aliphatic heterocycles. The normalized spacial score (nSPS) is 19.2. The summed E-state index contributed by atoms with van der Waals surface area (Å²) >= 11 is 0. The average molecular weight is 294 g/mol. The first kappa shape index (κ1) is 15.3. The lowest BCUT2D eigenvalue weighted by molar-refractivity contribution is -0.141. The molecular formula is C12H17F3N2O3. The fourth-order valence-corrected chi connectivity index (χ4v) is 1.97. The van der Waals surface area contributed by atoms with E-state index in [2.05, 4.69) is 5.10 Å². The van der Waals surface area contributed by atoms with Crippen molar-refractivity contribution in [2.24, 2.45) is 0 Å². The monoisotopic (exact) mass is 294 g/mol. The number of rotatable bonds is 5. The lowest BCUT2D eigenvalue weighted by Crippen LogP contribution is -2.29. The van der Waals surface area contributed by atoms with Crippen LogP contribution in [0.3, 0.4) is 0 Å². The summed E-state index contributed by atoms with van der Waals surface area (Å²) in [5.41, 5.74) is -0.963. The second-order valence-corrected chi connectivity index (χ2v) is 4.72. The van der Waals surface area contributed by atoms with Gasteiger partial charge in [0.15, 0.2) is 5.69 Å². The van der Waals surface area contributed by atoms with Crippen molar-refractivity contribution in [1.82, 2.24) is 9.78 Å². The Kier molecular flexibility index (Phi) is 5.00. The molecule has 1 aromatic rings. The van der Waals surface area contributed by atoms with E-state index in [0.29, 0.717) is 13.2 Å². The summed E-state index contributed by atoms with van der Waals surface area (Å²) in [6.45, 7) is 1.31. The summed E-state index contributed by atoms with van der Waals surface area (Å²) in [5, 5.41) is 13.1. The zero-order valence-corrected chi connectivity index (χ0v) is 10.8. The molecule has 2 heterocycles. The van der Waals surface area contributed by atoms with E-state index in [4.69, 9.17) is 9.47 Å². The van der Waals surface area contributed by atoms with Crippen LogP contribution in [0, 0.1) is 0 Å². The fraction of sp³-hybridized carbons (Fsp3) is 0.750. The van der Waals surface area contributed by atoms with Crippen LogP contribution in [0.5, 0.6) is 0 Å². The van der Waals surface area contributed by atoms with Gasteiger partial charge in [-0.05, 0) is 18.9 Å². The topological polar surface area (TPSA) is 56.5 Å². The van der Waals surface area contributed by atoms with Crippen molar-refractivity contribution < 1.29 is 27.8 Å². The van der Waals surface area contributed by atoms with Crippen LogP contribution in [-0.4, -0.2) is 46.9 Å². The highest BCUT2D eigenvalue weighted by molar-refractivity contribution is 5.03. The van der Waals surface area contributed by atoms with Gasteiger partial charge in [0.05, 0.1) is 25.4 Å². The van der Waals surface area contributed by atoms with E-state index < -0.39 is 18.0 Å². The summed E-state index contributed by atoms with van der Waals surface area (Å²) in [6, 6.07) is 0.881. The van der Waals surface area contributed by atoms with Crippen molar-refractivity contribution in [3.8, 4) is 0 Å². The summed E-state index contributed by atoms with van der Waals surface area (Å²) in [6.07, 6.45) is -2.57. The predicted octanol–water partition coefficient (Wildman–Crippen LogP) is 1.46. The highest BCUT2D eigenvalue weighted by atomic mass is 19.4. The zero-order chi connectivity index (χ0) is 14.6. The first-order valence-corrected chi connectivity index (χ1v) is 6.43. The van der Waals surface area contributed by atoms with Gasteiger partial charge in [-0.2, -0.15) is 18.3 Å². The number of halogens is 3. The molecule has 1 aromatic heterocycles. The molecule has 0 bridgehead atoms. The Bertz CT molecular complexity index is 416. The van der Waals surface area contributed by atoms with E-state index in [0.717, 1.165) is 23.6 Å². The van der Waals surface area contributed by atoms with E-state index in [1.807, 2.05) is 0 Å². The summed E-state index contributed by atoms with van der Waals surface area (Å²) < 4.78 is 48.8. The molecule has 2 rings (SSSR count). The van der Waals surface area contributed by atoms with E-state index in [9.17, 15) is 18.3 Å². The van der Waals surface area contributed by atoms with Gasteiger partial charge in [0.1, 0.15) is 0 Å². The number of hydrogen-bond donors (Lipinski definition) is 1. The Balaban J connectivity index is 1.76. The number of alkyl halides is 3. The Morgan fingerprint density at radius 3 is 2.75 bits per heavy atom. The molecular weight excluding hydrogens is 277 g/mol. The van der Waals surface area contributed by atoms with Crippen LogP contribution < -0.4 is 0 Å². The molecule has 0 spiro atoms. The average Bonchev–Trinajstić information content (AvgIpc) is 2.86. The molecule has 1 N–H and O–H groups in total. The van der Waals surface area contributed by atoms with Crippen LogP contribution in [0.1, 0.15) is 18.5 Å². The summed E-state index contributed by atoms with van der Waals surface area (Å²) in [4.78, 5) is 0. The summed E-state index contributed by atoms with van der Waals surface area (Å²) in [5.74, 6) is 0. The maximum absolute atomic E-state index is 12.4. The zero-order valence-electron chi connectivity index (χ0n) is 10.8. The van der Waals surface area contributed by atoms with Gasteiger partial charge in [0.25, 0.3) is 0 Å². The molecule has 0 unspecified atom stereocenters. The summed E-state index contributed by atoms with van der Waals surface area (Å²) in [7, 11) is 0. The Hall–Kier alpha value is -1.12. The van der Waals surface area contributed by atoms with E-state index in [1.165, 1.54) is 6.20 Å². The van der Waals surface area contributed by atoms with Crippen molar-refractivity contribution in [3.05, 3.63) is 18.0 Å². The lowest BCUT2D eigenvalue weighted by atomic mass is 10.1. The number of aromatic nitrogens is 2. The lowest BCUT2D eigenvalue weighted by Gasteiger charge is -2.23. The van der Waals surface area contributed by atoms with Crippen LogP contribution in [0.15, 0.2) is 12.3 Å². The van der Waals surface area contributed by atoms with E-state index in [1.54, 1.807) is 0 Å².